The van der Waals surface area contributed by atoms with Gasteiger partial charge in [-0.15, -0.1) is 0 Å². The van der Waals surface area contributed by atoms with Gasteiger partial charge in [0.1, 0.15) is 5.75 Å². The SMILES string of the molecule is COc1cccc(-c2cnc(-c3ccccc3C(=O)Nc3cc(C)ccc3C)o2)c1. The predicted octanol–water partition coefficient (Wildman–Crippen LogP) is 5.89. The largest absolute Gasteiger partial charge is 0.497 e. The maximum Gasteiger partial charge on any atom is 0.256 e. The van der Waals surface area contributed by atoms with E-state index in [1.165, 1.54) is 0 Å². The molecular formula is C25H22N2O3. The van der Waals surface area contributed by atoms with Crippen LogP contribution in [0.1, 0.15) is 21.5 Å². The number of methoxy groups -OCH3 is 1. The van der Waals surface area contributed by atoms with E-state index < -0.39 is 0 Å². The molecule has 0 fully saturated rings. The minimum atomic E-state index is -0.208. The van der Waals surface area contributed by atoms with Crippen LogP contribution in [0.15, 0.2) is 77.3 Å². The quantitative estimate of drug-likeness (QED) is 0.455. The second-order valence-corrected chi connectivity index (χ2v) is 7.08. The highest BCUT2D eigenvalue weighted by atomic mass is 16.5. The Morgan fingerprint density at radius 2 is 1.83 bits per heavy atom. The van der Waals surface area contributed by atoms with Crippen LogP contribution in [0.2, 0.25) is 0 Å². The molecule has 0 aliphatic rings. The van der Waals surface area contributed by atoms with Gasteiger partial charge in [-0.1, -0.05) is 36.4 Å². The van der Waals surface area contributed by atoms with E-state index in [2.05, 4.69) is 10.3 Å². The summed E-state index contributed by atoms with van der Waals surface area (Å²) in [5.41, 5.74) is 4.86. The highest BCUT2D eigenvalue weighted by Crippen LogP contribution is 2.30. The molecule has 30 heavy (non-hydrogen) atoms. The summed E-state index contributed by atoms with van der Waals surface area (Å²) in [6.07, 6.45) is 1.66. The monoisotopic (exact) mass is 398 g/mol. The molecule has 0 spiro atoms. The van der Waals surface area contributed by atoms with Gasteiger partial charge in [-0.2, -0.15) is 0 Å². The molecule has 0 aliphatic carbocycles. The van der Waals surface area contributed by atoms with E-state index in [9.17, 15) is 4.79 Å². The van der Waals surface area contributed by atoms with Crippen molar-refractivity contribution in [1.82, 2.24) is 4.98 Å². The number of benzene rings is 3. The Morgan fingerprint density at radius 3 is 2.67 bits per heavy atom. The smallest absolute Gasteiger partial charge is 0.256 e. The molecule has 1 aromatic heterocycles. The first-order valence-corrected chi connectivity index (χ1v) is 9.63. The zero-order valence-electron chi connectivity index (χ0n) is 17.1. The molecule has 4 aromatic rings. The Balaban J connectivity index is 1.66. The number of amides is 1. The summed E-state index contributed by atoms with van der Waals surface area (Å²) in [6, 6.07) is 20.8. The fourth-order valence-corrected chi connectivity index (χ4v) is 3.24. The van der Waals surface area contributed by atoms with Gasteiger partial charge >= 0.3 is 0 Å². The molecule has 0 saturated heterocycles. The number of carbonyl (C=O) groups excluding carboxylic acids is 1. The number of oxazole rings is 1. The van der Waals surface area contributed by atoms with Crippen LogP contribution in [0.4, 0.5) is 5.69 Å². The molecule has 1 heterocycles. The average Bonchev–Trinajstić information content (AvgIpc) is 3.26. The Morgan fingerprint density at radius 1 is 1.00 bits per heavy atom. The molecule has 0 bridgehead atoms. The van der Waals surface area contributed by atoms with Gasteiger partial charge in [0.05, 0.1) is 18.9 Å². The lowest BCUT2D eigenvalue weighted by molar-refractivity contribution is 0.102. The summed E-state index contributed by atoms with van der Waals surface area (Å²) in [4.78, 5) is 17.4. The third kappa shape index (κ3) is 3.96. The predicted molar refractivity (Wildman–Crippen MR) is 118 cm³/mol. The number of nitrogens with one attached hydrogen (secondary N) is 1. The average molecular weight is 398 g/mol. The van der Waals surface area contributed by atoms with Crippen molar-refractivity contribution >= 4 is 11.6 Å². The summed E-state index contributed by atoms with van der Waals surface area (Å²) >= 11 is 0. The third-order valence-electron chi connectivity index (χ3n) is 4.90. The Labute approximate surface area is 175 Å². The van der Waals surface area contributed by atoms with Crippen molar-refractivity contribution in [2.45, 2.75) is 13.8 Å². The molecule has 0 unspecified atom stereocenters. The zero-order chi connectivity index (χ0) is 21.1. The zero-order valence-corrected chi connectivity index (χ0v) is 17.1. The van der Waals surface area contributed by atoms with Gasteiger partial charge in [-0.05, 0) is 55.3 Å². The number of nitrogens with zero attached hydrogens (tertiary/aromatic N) is 1. The van der Waals surface area contributed by atoms with E-state index in [-0.39, 0.29) is 5.91 Å². The fourth-order valence-electron chi connectivity index (χ4n) is 3.24. The molecule has 0 radical (unpaired) electrons. The fraction of sp³-hybridized carbons (Fsp3) is 0.120. The van der Waals surface area contributed by atoms with Gasteiger partial charge in [0.2, 0.25) is 5.89 Å². The molecule has 0 aliphatic heterocycles. The minimum Gasteiger partial charge on any atom is -0.497 e. The molecule has 3 aromatic carbocycles. The number of ether oxygens (including phenoxy) is 1. The second kappa shape index (κ2) is 8.25. The summed E-state index contributed by atoms with van der Waals surface area (Å²) in [7, 11) is 1.62. The van der Waals surface area contributed by atoms with E-state index >= 15 is 0 Å². The highest BCUT2D eigenvalue weighted by molar-refractivity contribution is 6.08. The van der Waals surface area contributed by atoms with Crippen LogP contribution in [-0.2, 0) is 0 Å². The summed E-state index contributed by atoms with van der Waals surface area (Å²) in [6.45, 7) is 3.96. The summed E-state index contributed by atoms with van der Waals surface area (Å²) < 4.78 is 11.3. The number of hydrogen-bond donors (Lipinski definition) is 1. The van der Waals surface area contributed by atoms with Gasteiger partial charge in [0.25, 0.3) is 5.91 Å². The van der Waals surface area contributed by atoms with Gasteiger partial charge in [-0.25, -0.2) is 4.98 Å². The highest BCUT2D eigenvalue weighted by Gasteiger charge is 2.18. The van der Waals surface area contributed by atoms with E-state index in [4.69, 9.17) is 9.15 Å². The number of hydrogen-bond acceptors (Lipinski definition) is 4. The number of rotatable bonds is 5. The number of anilines is 1. The van der Waals surface area contributed by atoms with Crippen molar-refractivity contribution < 1.29 is 13.9 Å². The third-order valence-corrected chi connectivity index (χ3v) is 4.90. The molecule has 1 amide bonds. The van der Waals surface area contributed by atoms with Crippen LogP contribution < -0.4 is 10.1 Å². The first-order chi connectivity index (χ1) is 14.5. The van der Waals surface area contributed by atoms with E-state index in [0.29, 0.717) is 22.8 Å². The van der Waals surface area contributed by atoms with E-state index in [1.807, 2.05) is 74.5 Å². The van der Waals surface area contributed by atoms with Gasteiger partial charge in [0.15, 0.2) is 5.76 Å². The normalized spacial score (nSPS) is 10.6. The van der Waals surface area contributed by atoms with Crippen LogP contribution in [0.25, 0.3) is 22.8 Å². The van der Waals surface area contributed by atoms with Gasteiger partial charge < -0.3 is 14.5 Å². The lowest BCUT2D eigenvalue weighted by Gasteiger charge is -2.11. The van der Waals surface area contributed by atoms with Crippen molar-refractivity contribution in [1.29, 1.82) is 0 Å². The van der Waals surface area contributed by atoms with Crippen LogP contribution in [0, 0.1) is 13.8 Å². The standard InChI is InChI=1S/C25H22N2O3/c1-16-11-12-17(2)22(13-16)27-24(28)20-9-4-5-10-21(20)25-26-15-23(30-25)18-7-6-8-19(14-18)29-3/h4-15H,1-3H3,(H,27,28). The molecule has 5 nitrogen and oxygen atoms in total. The molecule has 0 saturated carbocycles. The maximum atomic E-state index is 13.0. The van der Waals surface area contributed by atoms with Crippen LogP contribution in [-0.4, -0.2) is 18.0 Å². The lowest BCUT2D eigenvalue weighted by atomic mass is 10.1. The number of carbonyl (C=O) groups is 1. The number of aryl methyl sites for hydroxylation is 2. The van der Waals surface area contributed by atoms with Crippen molar-refractivity contribution in [2.24, 2.45) is 0 Å². The molecular weight excluding hydrogens is 376 g/mol. The van der Waals surface area contributed by atoms with E-state index in [0.717, 1.165) is 28.1 Å². The molecule has 0 atom stereocenters. The first-order valence-electron chi connectivity index (χ1n) is 9.63. The second-order valence-electron chi connectivity index (χ2n) is 7.08. The van der Waals surface area contributed by atoms with Crippen LogP contribution in [0.3, 0.4) is 0 Å². The summed E-state index contributed by atoms with van der Waals surface area (Å²) in [5, 5.41) is 3.01. The summed E-state index contributed by atoms with van der Waals surface area (Å²) in [5.74, 6) is 1.52. The molecule has 1 N–H and O–H groups in total. The number of aromatic nitrogens is 1. The molecule has 150 valence electrons. The van der Waals surface area contributed by atoms with Crippen molar-refractivity contribution in [3.05, 3.63) is 89.6 Å². The minimum absolute atomic E-state index is 0.208. The Kier molecular flexibility index (Phi) is 5.35. The van der Waals surface area contributed by atoms with Crippen molar-refractivity contribution in [3.8, 4) is 28.5 Å². The van der Waals surface area contributed by atoms with Crippen molar-refractivity contribution in [3.63, 3.8) is 0 Å². The first kappa shape index (κ1) is 19.5. The van der Waals surface area contributed by atoms with E-state index in [1.54, 1.807) is 19.4 Å². The topological polar surface area (TPSA) is 64.4 Å². The van der Waals surface area contributed by atoms with Crippen molar-refractivity contribution in [2.75, 3.05) is 12.4 Å². The van der Waals surface area contributed by atoms with Gasteiger partial charge in [0, 0.05) is 16.8 Å². The maximum absolute atomic E-state index is 13.0. The van der Waals surface area contributed by atoms with Crippen LogP contribution >= 0.6 is 0 Å². The Hall–Kier alpha value is -3.86. The van der Waals surface area contributed by atoms with Gasteiger partial charge in [-0.3, -0.25) is 4.79 Å². The lowest BCUT2D eigenvalue weighted by Crippen LogP contribution is -2.14. The van der Waals surface area contributed by atoms with Crippen LogP contribution in [0.5, 0.6) is 5.75 Å². The molecule has 5 heteroatoms. The Bertz CT molecular complexity index is 1210. The molecule has 4 rings (SSSR count).